The monoisotopic (exact) mass is 608 g/mol. The zero-order valence-corrected chi connectivity index (χ0v) is 24.7. The Kier molecular flexibility index (Phi) is 13.3. The van der Waals surface area contributed by atoms with Crippen LogP contribution in [0.2, 0.25) is 0 Å². The van der Waals surface area contributed by atoms with Gasteiger partial charge < -0.3 is 69.3 Å². The molecular weight excluding hydrogens is 560 g/mol. The Labute approximate surface area is 245 Å². The minimum absolute atomic E-state index is 0.0999. The van der Waals surface area contributed by atoms with Gasteiger partial charge >= 0.3 is 0 Å². The van der Waals surface area contributed by atoms with Gasteiger partial charge in [0, 0.05) is 0 Å². The highest BCUT2D eigenvalue weighted by molar-refractivity contribution is 5.04. The number of ether oxygens (including phenoxy) is 6. The van der Waals surface area contributed by atoms with Gasteiger partial charge in [-0.05, 0) is 47.5 Å². The summed E-state index contributed by atoms with van der Waals surface area (Å²) < 4.78 is 33.4. The van der Waals surface area contributed by atoms with E-state index in [1.54, 1.807) is 13.8 Å². The second kappa shape index (κ2) is 15.8. The van der Waals surface area contributed by atoms with E-state index in [2.05, 4.69) is 0 Å². The molecule has 3 rings (SSSR count). The molecule has 0 aliphatic carbocycles. The van der Waals surface area contributed by atoms with Gasteiger partial charge in [0.1, 0.15) is 54.9 Å². The Morgan fingerprint density at radius 3 is 1.67 bits per heavy atom. The fraction of sp³-hybridized carbons (Fsp3) is 0.857. The zero-order chi connectivity index (χ0) is 31.3. The standard InChI is InChI=1S/C28H48O14/c1-12(7-6-8-13(2)11-38-26-22(34)20(32)17(29)14(3)39-26)9-10-37-27-24(36)25(19(31)16(5)40-27)42-28-23(35)21(33)18(30)15(4)41-28/h8-9,14-36H,6-7,10-11H2,1-5H3/b12-9-,13-8+/t14-,15-,16-,17-,18-,19-,20+,21+,22+,23+,24+,25+,26-,27-,28+/m0/s1. The van der Waals surface area contributed by atoms with Gasteiger partial charge in [0.2, 0.25) is 0 Å². The summed E-state index contributed by atoms with van der Waals surface area (Å²) in [6, 6.07) is 0. The molecule has 14 nitrogen and oxygen atoms in total. The van der Waals surface area contributed by atoms with Crippen molar-refractivity contribution in [2.24, 2.45) is 0 Å². The Morgan fingerprint density at radius 1 is 0.571 bits per heavy atom. The number of allylic oxidation sites excluding steroid dienone is 2. The highest BCUT2D eigenvalue weighted by Crippen LogP contribution is 2.29. The number of aliphatic hydroxyl groups excluding tert-OH is 8. The van der Waals surface area contributed by atoms with Crippen LogP contribution in [-0.4, -0.2) is 146 Å². The van der Waals surface area contributed by atoms with Crippen LogP contribution in [0.3, 0.4) is 0 Å². The lowest BCUT2D eigenvalue weighted by atomic mass is 9.97. The van der Waals surface area contributed by atoms with E-state index in [1.165, 1.54) is 6.92 Å². The molecule has 0 unspecified atom stereocenters. The average Bonchev–Trinajstić information content (AvgIpc) is 2.95. The minimum Gasteiger partial charge on any atom is -0.388 e. The van der Waals surface area contributed by atoms with Crippen molar-refractivity contribution in [2.45, 2.75) is 140 Å². The van der Waals surface area contributed by atoms with Crippen LogP contribution >= 0.6 is 0 Å². The maximum atomic E-state index is 10.8. The second-order valence-corrected chi connectivity index (χ2v) is 11.4. The van der Waals surface area contributed by atoms with Crippen molar-refractivity contribution < 1.29 is 69.3 Å². The lowest BCUT2D eigenvalue weighted by Crippen LogP contribution is -2.63. The van der Waals surface area contributed by atoms with Gasteiger partial charge in [-0.2, -0.15) is 0 Å². The molecule has 15 atom stereocenters. The third-order valence-electron chi connectivity index (χ3n) is 7.89. The van der Waals surface area contributed by atoms with Crippen molar-refractivity contribution >= 4 is 0 Å². The normalized spacial score (nSPS) is 45.7. The second-order valence-electron chi connectivity index (χ2n) is 11.4. The van der Waals surface area contributed by atoms with Crippen LogP contribution in [-0.2, 0) is 28.4 Å². The van der Waals surface area contributed by atoms with Gasteiger partial charge in [0.15, 0.2) is 18.9 Å². The van der Waals surface area contributed by atoms with Crippen molar-refractivity contribution in [3.05, 3.63) is 23.3 Å². The van der Waals surface area contributed by atoms with E-state index in [9.17, 15) is 40.9 Å². The largest absolute Gasteiger partial charge is 0.388 e. The quantitative estimate of drug-likeness (QED) is 0.121. The molecule has 0 amide bonds. The Morgan fingerprint density at radius 2 is 1.07 bits per heavy atom. The molecule has 3 aliphatic heterocycles. The number of rotatable bonds is 11. The summed E-state index contributed by atoms with van der Waals surface area (Å²) >= 11 is 0. The molecule has 8 N–H and O–H groups in total. The summed E-state index contributed by atoms with van der Waals surface area (Å²) in [5.74, 6) is 0. The highest BCUT2D eigenvalue weighted by Gasteiger charge is 2.49. The van der Waals surface area contributed by atoms with Crippen LogP contribution < -0.4 is 0 Å². The molecule has 42 heavy (non-hydrogen) atoms. The van der Waals surface area contributed by atoms with E-state index in [1.807, 2.05) is 26.0 Å². The first-order valence-electron chi connectivity index (χ1n) is 14.3. The van der Waals surface area contributed by atoms with Crippen molar-refractivity contribution in [1.29, 1.82) is 0 Å². The first-order chi connectivity index (χ1) is 19.7. The first kappa shape index (κ1) is 35.4. The number of aliphatic hydroxyl groups is 8. The zero-order valence-electron chi connectivity index (χ0n) is 24.7. The predicted octanol–water partition coefficient (Wildman–Crippen LogP) is -1.80. The third kappa shape index (κ3) is 8.76. The molecule has 3 heterocycles. The van der Waals surface area contributed by atoms with Crippen molar-refractivity contribution in [3.63, 3.8) is 0 Å². The van der Waals surface area contributed by atoms with E-state index >= 15 is 0 Å². The summed E-state index contributed by atoms with van der Waals surface area (Å²) in [7, 11) is 0. The summed E-state index contributed by atoms with van der Waals surface area (Å²) in [6.45, 7) is 8.72. The number of hydrogen-bond acceptors (Lipinski definition) is 14. The molecular formula is C28H48O14. The fourth-order valence-electron chi connectivity index (χ4n) is 4.93. The summed E-state index contributed by atoms with van der Waals surface area (Å²) in [4.78, 5) is 0. The maximum Gasteiger partial charge on any atom is 0.187 e. The summed E-state index contributed by atoms with van der Waals surface area (Å²) in [6.07, 6.45) is -13.0. The Balaban J connectivity index is 1.44. The molecule has 3 saturated heterocycles. The van der Waals surface area contributed by atoms with E-state index in [4.69, 9.17) is 28.4 Å². The van der Waals surface area contributed by atoms with E-state index in [0.29, 0.717) is 12.8 Å². The van der Waals surface area contributed by atoms with Gasteiger partial charge in [0.25, 0.3) is 0 Å². The highest BCUT2D eigenvalue weighted by atomic mass is 16.7. The first-order valence-corrected chi connectivity index (χ1v) is 14.3. The minimum atomic E-state index is -1.60. The predicted molar refractivity (Wildman–Crippen MR) is 145 cm³/mol. The van der Waals surface area contributed by atoms with Gasteiger partial charge in [0.05, 0.1) is 31.5 Å². The smallest absolute Gasteiger partial charge is 0.187 e. The molecule has 0 radical (unpaired) electrons. The molecule has 0 spiro atoms. The Bertz CT molecular complexity index is 900. The third-order valence-corrected chi connectivity index (χ3v) is 7.89. The van der Waals surface area contributed by atoms with Crippen LogP contribution in [0.4, 0.5) is 0 Å². The summed E-state index contributed by atoms with van der Waals surface area (Å²) in [5.41, 5.74) is 1.90. The van der Waals surface area contributed by atoms with Gasteiger partial charge in [-0.25, -0.2) is 0 Å². The van der Waals surface area contributed by atoms with Crippen molar-refractivity contribution in [1.82, 2.24) is 0 Å². The molecule has 0 aromatic rings. The molecule has 0 aromatic heterocycles. The van der Waals surface area contributed by atoms with Crippen LogP contribution in [0.1, 0.15) is 47.5 Å². The molecule has 0 bridgehead atoms. The molecule has 0 aromatic carbocycles. The van der Waals surface area contributed by atoms with E-state index < -0.39 is 92.1 Å². The van der Waals surface area contributed by atoms with Crippen LogP contribution in [0.25, 0.3) is 0 Å². The molecule has 244 valence electrons. The maximum absolute atomic E-state index is 10.8. The van der Waals surface area contributed by atoms with Crippen LogP contribution in [0.5, 0.6) is 0 Å². The van der Waals surface area contributed by atoms with Crippen LogP contribution in [0.15, 0.2) is 23.3 Å². The van der Waals surface area contributed by atoms with Crippen LogP contribution in [0, 0.1) is 0 Å². The van der Waals surface area contributed by atoms with Gasteiger partial charge in [-0.15, -0.1) is 0 Å². The van der Waals surface area contributed by atoms with E-state index in [-0.39, 0.29) is 13.2 Å². The molecule has 3 fully saturated rings. The average molecular weight is 609 g/mol. The SMILES string of the molecule is C/C(=C/CO[C@H]1O[C@@H](C)[C@H](O)[C@@H](O[C@H]2O[C@@H](C)[C@H](O)[C@@H](O)[C@H]2O)[C@H]1O)CC/C=C(\C)CO[C@H]1O[C@@H](C)[C@H](O)[C@@H](O)[C@H]1O. The van der Waals surface area contributed by atoms with Gasteiger partial charge in [-0.1, -0.05) is 23.3 Å². The van der Waals surface area contributed by atoms with E-state index in [0.717, 1.165) is 11.1 Å². The molecule has 3 aliphatic rings. The molecule has 0 saturated carbocycles. The molecule has 14 heteroatoms. The van der Waals surface area contributed by atoms with Crippen molar-refractivity contribution in [3.8, 4) is 0 Å². The number of hydrogen-bond donors (Lipinski definition) is 8. The van der Waals surface area contributed by atoms with Crippen molar-refractivity contribution in [2.75, 3.05) is 13.2 Å². The summed E-state index contributed by atoms with van der Waals surface area (Å²) in [5, 5.41) is 81.3. The Hall–Kier alpha value is -1.08. The lowest BCUT2D eigenvalue weighted by Gasteiger charge is -2.45. The van der Waals surface area contributed by atoms with Gasteiger partial charge in [-0.3, -0.25) is 0 Å². The fourth-order valence-corrected chi connectivity index (χ4v) is 4.93. The topological polar surface area (TPSA) is 217 Å². The lowest BCUT2D eigenvalue weighted by molar-refractivity contribution is -0.353.